The van der Waals surface area contributed by atoms with Gasteiger partial charge in [0, 0.05) is 28.6 Å². The number of hydrogen-bond acceptors (Lipinski definition) is 11. The molecule has 0 aliphatic carbocycles. The molecule has 0 bridgehead atoms. The molecule has 13 nitrogen and oxygen atoms in total. The molecule has 1 fully saturated rings. The number of nitrogens with one attached hydrogen (secondary N) is 2. The molecule has 236 valence electrons. The highest BCUT2D eigenvalue weighted by molar-refractivity contribution is 8.00. The lowest BCUT2D eigenvalue weighted by atomic mass is 9.83. The summed E-state index contributed by atoms with van der Waals surface area (Å²) in [4.78, 5) is 67.4. The number of nitro benzene ring substituents is 1. The van der Waals surface area contributed by atoms with E-state index in [1.165, 1.54) is 24.3 Å². The van der Waals surface area contributed by atoms with Crippen LogP contribution in [0.2, 0.25) is 0 Å². The molecule has 3 unspecified atom stereocenters. The van der Waals surface area contributed by atoms with Crippen LogP contribution in [0.15, 0.2) is 76.6 Å². The summed E-state index contributed by atoms with van der Waals surface area (Å²) in [7, 11) is 1.55. The number of rotatable bonds is 10. The van der Waals surface area contributed by atoms with E-state index in [0.29, 0.717) is 38.4 Å². The first-order chi connectivity index (χ1) is 22.2. The molecule has 0 radical (unpaired) electrons. The summed E-state index contributed by atoms with van der Waals surface area (Å²) in [5.74, 6) is -1.65. The zero-order chi connectivity index (χ0) is 32.5. The Balaban J connectivity index is 1.29. The molecule has 6 rings (SSSR count). The topological polar surface area (TPSA) is 170 Å². The van der Waals surface area contributed by atoms with E-state index < -0.39 is 39.7 Å². The first-order valence-electron chi connectivity index (χ1n) is 14.0. The number of aromatic nitrogens is 1. The predicted octanol–water partition coefficient (Wildman–Crippen LogP) is 4.57. The number of ether oxygens (including phenoxy) is 3. The van der Waals surface area contributed by atoms with Gasteiger partial charge in [0.1, 0.15) is 11.0 Å². The minimum Gasteiger partial charge on any atom is -0.497 e. The Morgan fingerprint density at radius 3 is 2.41 bits per heavy atom. The number of methoxy groups -OCH3 is 1. The molecular formula is C31H26N4O9S2. The van der Waals surface area contributed by atoms with E-state index >= 15 is 0 Å². The first-order valence-corrected chi connectivity index (χ1v) is 15.7. The van der Waals surface area contributed by atoms with E-state index in [0.717, 1.165) is 28.0 Å². The third-order valence-electron chi connectivity index (χ3n) is 7.50. The summed E-state index contributed by atoms with van der Waals surface area (Å²) in [5.41, 5.74) is 1.23. The van der Waals surface area contributed by atoms with Gasteiger partial charge >= 0.3 is 4.87 Å². The van der Waals surface area contributed by atoms with Crippen LogP contribution in [0.25, 0.3) is 0 Å². The van der Waals surface area contributed by atoms with Gasteiger partial charge in [-0.1, -0.05) is 29.2 Å². The van der Waals surface area contributed by atoms with Crippen LogP contribution in [0.4, 0.5) is 17.1 Å². The molecule has 3 heterocycles. The number of carbonyl (C=O) groups excluding carboxylic acids is 3. The summed E-state index contributed by atoms with van der Waals surface area (Å²) >= 11 is 2.09. The number of carbonyl (C=O) groups is 3. The van der Waals surface area contributed by atoms with E-state index in [1.807, 2.05) is 0 Å². The number of non-ortho nitro benzene ring substituents is 1. The van der Waals surface area contributed by atoms with Gasteiger partial charge in [-0.2, -0.15) is 0 Å². The maximum absolute atomic E-state index is 14.0. The third-order valence-corrected chi connectivity index (χ3v) is 9.90. The van der Waals surface area contributed by atoms with Crippen molar-refractivity contribution in [3.8, 4) is 17.2 Å². The van der Waals surface area contributed by atoms with Gasteiger partial charge in [0.15, 0.2) is 18.1 Å². The Hall–Kier alpha value is -5.15. The number of imide groups is 1. The lowest BCUT2D eigenvalue weighted by Crippen LogP contribution is -2.32. The molecule has 0 spiro atoms. The Bertz CT molecular complexity index is 1890. The molecule has 2 aliphatic rings. The van der Waals surface area contributed by atoms with Crippen molar-refractivity contribution >= 4 is 57.9 Å². The Kier molecular flexibility index (Phi) is 8.51. The van der Waals surface area contributed by atoms with Gasteiger partial charge in [-0.05, 0) is 61.0 Å². The van der Waals surface area contributed by atoms with Gasteiger partial charge in [0.25, 0.3) is 11.6 Å². The maximum Gasteiger partial charge on any atom is 0.305 e. The molecule has 3 aromatic carbocycles. The largest absolute Gasteiger partial charge is 0.497 e. The van der Waals surface area contributed by atoms with Crippen molar-refractivity contribution in [2.45, 2.75) is 23.1 Å². The Morgan fingerprint density at radius 1 is 1.00 bits per heavy atom. The smallest absolute Gasteiger partial charge is 0.305 e. The molecule has 2 aliphatic heterocycles. The second-order valence-electron chi connectivity index (χ2n) is 10.2. The number of amides is 3. The van der Waals surface area contributed by atoms with Crippen molar-refractivity contribution < 1.29 is 33.5 Å². The quantitative estimate of drug-likeness (QED) is 0.139. The second kappa shape index (κ2) is 12.7. The van der Waals surface area contributed by atoms with Crippen molar-refractivity contribution in [2.75, 3.05) is 30.5 Å². The summed E-state index contributed by atoms with van der Waals surface area (Å²) in [6.07, 6.45) is 0. The van der Waals surface area contributed by atoms with Crippen LogP contribution in [0.3, 0.4) is 0 Å². The Labute approximate surface area is 269 Å². The lowest BCUT2D eigenvalue weighted by molar-refractivity contribution is -0.384. The van der Waals surface area contributed by atoms with Gasteiger partial charge in [0.2, 0.25) is 11.8 Å². The van der Waals surface area contributed by atoms with Crippen molar-refractivity contribution in [3.05, 3.63) is 97.0 Å². The van der Waals surface area contributed by atoms with Crippen LogP contribution < -0.4 is 29.3 Å². The minimum atomic E-state index is -0.872. The van der Waals surface area contributed by atoms with Gasteiger partial charge in [-0.3, -0.25) is 29.3 Å². The van der Waals surface area contributed by atoms with E-state index in [1.54, 1.807) is 56.5 Å². The molecule has 15 heteroatoms. The van der Waals surface area contributed by atoms with Gasteiger partial charge in [0.05, 0.1) is 35.3 Å². The van der Waals surface area contributed by atoms with Gasteiger partial charge in [-0.15, -0.1) is 0 Å². The lowest BCUT2D eigenvalue weighted by Gasteiger charge is -2.30. The van der Waals surface area contributed by atoms with Crippen LogP contribution in [0.1, 0.15) is 23.3 Å². The summed E-state index contributed by atoms with van der Waals surface area (Å²) in [6, 6.07) is 17.1. The fourth-order valence-electron chi connectivity index (χ4n) is 5.47. The van der Waals surface area contributed by atoms with Crippen molar-refractivity contribution in [3.63, 3.8) is 0 Å². The van der Waals surface area contributed by atoms with E-state index in [9.17, 15) is 29.3 Å². The highest BCUT2D eigenvalue weighted by Gasteiger charge is 2.56. The molecule has 4 aromatic rings. The average Bonchev–Trinajstić information content (AvgIpc) is 3.54. The molecule has 1 aromatic heterocycles. The van der Waals surface area contributed by atoms with Crippen LogP contribution >= 0.6 is 23.1 Å². The number of nitro groups is 1. The van der Waals surface area contributed by atoms with Crippen LogP contribution in [-0.4, -0.2) is 53.2 Å². The number of fused-ring (bicyclic) bond motifs is 2. The molecule has 46 heavy (non-hydrogen) atoms. The number of aromatic amines is 1. The number of anilines is 2. The zero-order valence-electron chi connectivity index (χ0n) is 24.4. The van der Waals surface area contributed by atoms with Crippen LogP contribution in [0, 0.1) is 16.0 Å². The van der Waals surface area contributed by atoms with Crippen LogP contribution in [-0.2, 0) is 14.4 Å². The minimum absolute atomic E-state index is 0.170. The second-order valence-corrected chi connectivity index (χ2v) is 12.4. The summed E-state index contributed by atoms with van der Waals surface area (Å²) in [5, 5.41) is 13.5. The summed E-state index contributed by atoms with van der Waals surface area (Å²) in [6.45, 7) is 1.76. The number of thioether (sulfide) groups is 1. The Morgan fingerprint density at radius 2 is 1.74 bits per heavy atom. The van der Waals surface area contributed by atoms with Gasteiger partial charge < -0.3 is 24.5 Å². The number of benzene rings is 3. The summed E-state index contributed by atoms with van der Waals surface area (Å²) < 4.78 is 16.8. The number of H-pyrrole nitrogens is 1. The van der Waals surface area contributed by atoms with Gasteiger partial charge in [-0.25, -0.2) is 4.90 Å². The van der Waals surface area contributed by atoms with Crippen molar-refractivity contribution in [1.29, 1.82) is 0 Å². The third kappa shape index (κ3) is 5.81. The monoisotopic (exact) mass is 662 g/mol. The van der Waals surface area contributed by atoms with Crippen molar-refractivity contribution in [1.82, 2.24) is 4.98 Å². The van der Waals surface area contributed by atoms with Crippen molar-refractivity contribution in [2.24, 2.45) is 5.92 Å². The molecular weight excluding hydrogens is 636 g/mol. The molecule has 2 N–H and O–H groups in total. The SMILES string of the molecule is CCOc1cc(C2c3sc(=O)[nH]c3SC3C(=O)N(c4ccc([N+](=O)[O-])cc4)C(=O)C32)ccc1OCC(=O)Nc1ccc(OC)cc1. The standard InChI is InChI=1S/C31H26N4O9S2/c1-3-43-22-14-16(4-13-21(22)44-15-23(36)32-17-5-11-20(42-2)12-6-17)24-25-27(45-28-26(24)46-31(39)33-28)30(38)34(29(25)37)18-7-9-19(10-8-18)35(40)41/h4-14,24-25,27H,3,15H2,1-2H3,(H,32,36)(H,33,39). The maximum atomic E-state index is 14.0. The fraction of sp³-hybridized carbons (Fsp3) is 0.226. The zero-order valence-corrected chi connectivity index (χ0v) is 26.0. The van der Waals surface area contributed by atoms with E-state index in [4.69, 9.17) is 14.2 Å². The first kappa shape index (κ1) is 30.9. The predicted molar refractivity (Wildman–Crippen MR) is 170 cm³/mol. The fourth-order valence-corrected chi connectivity index (χ4v) is 7.99. The molecule has 1 saturated heterocycles. The van der Waals surface area contributed by atoms with E-state index in [-0.39, 0.29) is 29.5 Å². The highest BCUT2D eigenvalue weighted by atomic mass is 32.2. The number of hydrogen-bond donors (Lipinski definition) is 2. The van der Waals surface area contributed by atoms with Crippen LogP contribution in [0.5, 0.6) is 17.2 Å². The highest BCUT2D eigenvalue weighted by Crippen LogP contribution is 2.53. The number of thiazole rings is 1. The van der Waals surface area contributed by atoms with E-state index in [2.05, 4.69) is 10.3 Å². The average molecular weight is 663 g/mol. The molecule has 3 atom stereocenters. The number of nitrogens with zero attached hydrogens (tertiary/aromatic N) is 2. The normalized spacial score (nSPS) is 18.5. The molecule has 3 amide bonds. The molecule has 0 saturated carbocycles.